The molecule has 1 aromatic carbocycles. The van der Waals surface area contributed by atoms with E-state index in [1.54, 1.807) is 12.1 Å². The zero-order valence-electron chi connectivity index (χ0n) is 10.3. The molecule has 19 heavy (non-hydrogen) atoms. The molecule has 1 aromatic rings. The van der Waals surface area contributed by atoms with Crippen molar-refractivity contribution < 1.29 is 8.42 Å². The van der Waals surface area contributed by atoms with Gasteiger partial charge in [0, 0.05) is 16.6 Å². The Balaban J connectivity index is 2.16. The predicted octanol–water partition coefficient (Wildman–Crippen LogP) is 2.65. The summed E-state index contributed by atoms with van der Waals surface area (Å²) in [6.07, 6.45) is 3.23. The average molecular weight is 368 g/mol. The number of nitrogens with two attached hydrogens (primary N) is 1. The molecule has 4 nitrogen and oxygen atoms in total. The molecule has 0 aromatic heterocycles. The lowest BCUT2D eigenvalue weighted by molar-refractivity contribution is 0.373. The summed E-state index contributed by atoms with van der Waals surface area (Å²) < 4.78 is 28.0. The first-order valence-electron chi connectivity index (χ1n) is 6.11. The molecule has 0 heterocycles. The quantitative estimate of drug-likeness (QED) is 0.862. The number of hydrogen-bond acceptors (Lipinski definition) is 3. The van der Waals surface area contributed by atoms with E-state index in [0.717, 1.165) is 25.7 Å². The van der Waals surface area contributed by atoms with Crippen molar-refractivity contribution in [2.45, 2.75) is 42.7 Å². The minimum Gasteiger partial charge on any atom is -0.328 e. The number of rotatable bonds is 3. The third-order valence-corrected chi connectivity index (χ3v) is 5.77. The largest absolute Gasteiger partial charge is 0.328 e. The summed E-state index contributed by atoms with van der Waals surface area (Å²) in [5, 5.41) is 0.225. The molecule has 0 spiro atoms. The Morgan fingerprint density at radius 2 is 1.89 bits per heavy atom. The van der Waals surface area contributed by atoms with Gasteiger partial charge in [0.15, 0.2) is 0 Å². The fourth-order valence-corrected chi connectivity index (χ4v) is 4.55. The van der Waals surface area contributed by atoms with Crippen molar-refractivity contribution in [1.82, 2.24) is 4.72 Å². The summed E-state index contributed by atoms with van der Waals surface area (Å²) in [4.78, 5) is 0.110. The van der Waals surface area contributed by atoms with Crippen LogP contribution in [0.1, 0.15) is 25.7 Å². The second-order valence-corrected chi connectivity index (χ2v) is 7.81. The fraction of sp³-hybridized carbons (Fsp3) is 0.500. The van der Waals surface area contributed by atoms with E-state index in [4.69, 9.17) is 17.3 Å². The molecule has 0 aliphatic heterocycles. The van der Waals surface area contributed by atoms with E-state index in [0.29, 0.717) is 4.47 Å². The third-order valence-electron chi connectivity index (χ3n) is 3.28. The van der Waals surface area contributed by atoms with Crippen LogP contribution in [0.2, 0.25) is 5.02 Å². The normalized spacial score (nSPS) is 24.4. The van der Waals surface area contributed by atoms with Crippen molar-refractivity contribution in [2.24, 2.45) is 5.73 Å². The van der Waals surface area contributed by atoms with Crippen LogP contribution >= 0.6 is 27.5 Å². The summed E-state index contributed by atoms with van der Waals surface area (Å²) in [6.45, 7) is 0. The summed E-state index contributed by atoms with van der Waals surface area (Å²) in [7, 11) is -3.58. The van der Waals surface area contributed by atoms with Crippen LogP contribution in [0.25, 0.3) is 0 Å². The van der Waals surface area contributed by atoms with Gasteiger partial charge in [-0.1, -0.05) is 27.5 Å². The second-order valence-electron chi connectivity index (χ2n) is 4.81. The van der Waals surface area contributed by atoms with Gasteiger partial charge in [-0.2, -0.15) is 0 Å². The highest BCUT2D eigenvalue weighted by Crippen LogP contribution is 2.26. The van der Waals surface area contributed by atoms with Crippen molar-refractivity contribution >= 4 is 37.6 Å². The van der Waals surface area contributed by atoms with Gasteiger partial charge in [-0.3, -0.25) is 0 Å². The van der Waals surface area contributed by atoms with Gasteiger partial charge in [-0.25, -0.2) is 13.1 Å². The van der Waals surface area contributed by atoms with Crippen LogP contribution in [0.15, 0.2) is 27.6 Å². The molecule has 0 bridgehead atoms. The predicted molar refractivity (Wildman–Crippen MR) is 79.7 cm³/mol. The maximum atomic E-state index is 12.3. The van der Waals surface area contributed by atoms with Crippen molar-refractivity contribution in [1.29, 1.82) is 0 Å². The van der Waals surface area contributed by atoms with Gasteiger partial charge in [0.2, 0.25) is 10.0 Å². The zero-order valence-corrected chi connectivity index (χ0v) is 13.4. The summed E-state index contributed by atoms with van der Waals surface area (Å²) in [5.41, 5.74) is 5.81. The SMILES string of the molecule is NC1CCC(NS(=O)(=O)c2cc(Br)ccc2Cl)CC1. The average Bonchev–Trinajstić information content (AvgIpc) is 2.35. The van der Waals surface area contributed by atoms with Crippen molar-refractivity contribution in [3.63, 3.8) is 0 Å². The highest BCUT2D eigenvalue weighted by Gasteiger charge is 2.25. The van der Waals surface area contributed by atoms with Gasteiger partial charge in [0.1, 0.15) is 4.90 Å². The van der Waals surface area contributed by atoms with Gasteiger partial charge in [-0.15, -0.1) is 0 Å². The number of nitrogens with one attached hydrogen (secondary N) is 1. The molecule has 1 saturated carbocycles. The molecular weight excluding hydrogens is 352 g/mol. The van der Waals surface area contributed by atoms with Crippen molar-refractivity contribution in [3.05, 3.63) is 27.7 Å². The molecule has 106 valence electrons. The minimum absolute atomic E-state index is 0.0557. The maximum absolute atomic E-state index is 12.3. The van der Waals surface area contributed by atoms with Crippen molar-refractivity contribution in [3.8, 4) is 0 Å². The van der Waals surface area contributed by atoms with Crippen LogP contribution in [0, 0.1) is 0 Å². The Kier molecular flexibility index (Phi) is 4.89. The zero-order chi connectivity index (χ0) is 14.0. The molecule has 3 N–H and O–H groups in total. The van der Waals surface area contributed by atoms with E-state index in [1.807, 2.05) is 0 Å². The highest BCUT2D eigenvalue weighted by molar-refractivity contribution is 9.10. The number of benzene rings is 1. The second kappa shape index (κ2) is 6.10. The lowest BCUT2D eigenvalue weighted by Crippen LogP contribution is -2.40. The first-order valence-corrected chi connectivity index (χ1v) is 8.77. The topological polar surface area (TPSA) is 72.2 Å². The van der Waals surface area contributed by atoms with E-state index in [1.165, 1.54) is 6.07 Å². The Hall–Kier alpha value is -0.140. The third kappa shape index (κ3) is 3.92. The van der Waals surface area contributed by atoms with Crippen LogP contribution in [-0.4, -0.2) is 20.5 Å². The summed E-state index contributed by atoms with van der Waals surface area (Å²) >= 11 is 9.22. The van der Waals surface area contributed by atoms with E-state index < -0.39 is 10.0 Å². The molecule has 0 amide bonds. The van der Waals surface area contributed by atoms with Crippen LogP contribution in [0.4, 0.5) is 0 Å². The minimum atomic E-state index is -3.58. The number of halogens is 2. The highest BCUT2D eigenvalue weighted by atomic mass is 79.9. The molecule has 1 aliphatic rings. The molecular formula is C12H16BrClN2O2S. The Morgan fingerprint density at radius 1 is 1.26 bits per heavy atom. The van der Waals surface area contributed by atoms with Crippen LogP contribution in [-0.2, 0) is 10.0 Å². The molecule has 0 saturated heterocycles. The molecule has 1 aliphatic carbocycles. The molecule has 1 fully saturated rings. The lowest BCUT2D eigenvalue weighted by Gasteiger charge is -2.26. The van der Waals surface area contributed by atoms with Gasteiger partial charge in [0.25, 0.3) is 0 Å². The smallest absolute Gasteiger partial charge is 0.242 e. The molecule has 0 unspecified atom stereocenters. The van der Waals surface area contributed by atoms with Crippen LogP contribution in [0.5, 0.6) is 0 Å². The van der Waals surface area contributed by atoms with Crippen LogP contribution < -0.4 is 10.5 Å². The summed E-state index contributed by atoms with van der Waals surface area (Å²) in [6, 6.07) is 4.92. The Morgan fingerprint density at radius 3 is 2.53 bits per heavy atom. The van der Waals surface area contributed by atoms with Crippen molar-refractivity contribution in [2.75, 3.05) is 0 Å². The maximum Gasteiger partial charge on any atom is 0.242 e. The lowest BCUT2D eigenvalue weighted by atomic mass is 9.93. The van der Waals surface area contributed by atoms with E-state index in [2.05, 4.69) is 20.7 Å². The molecule has 0 radical (unpaired) electrons. The summed E-state index contributed by atoms with van der Waals surface area (Å²) in [5.74, 6) is 0. The fourth-order valence-electron chi connectivity index (χ4n) is 2.20. The standard InChI is InChI=1S/C12H16BrClN2O2S/c13-8-1-6-11(14)12(7-8)19(17,18)16-10-4-2-9(15)3-5-10/h1,6-7,9-10,16H,2-5,15H2. The first-order chi connectivity index (χ1) is 8.88. The monoisotopic (exact) mass is 366 g/mol. The molecule has 0 atom stereocenters. The number of sulfonamides is 1. The van der Waals surface area contributed by atoms with Crippen LogP contribution in [0.3, 0.4) is 0 Å². The van der Waals surface area contributed by atoms with Gasteiger partial charge < -0.3 is 5.73 Å². The number of hydrogen-bond donors (Lipinski definition) is 2. The Bertz CT molecular complexity index is 557. The van der Waals surface area contributed by atoms with Gasteiger partial charge >= 0.3 is 0 Å². The molecule has 7 heteroatoms. The van der Waals surface area contributed by atoms with Gasteiger partial charge in [0.05, 0.1) is 5.02 Å². The van der Waals surface area contributed by atoms with E-state index >= 15 is 0 Å². The van der Waals surface area contributed by atoms with Gasteiger partial charge in [-0.05, 0) is 43.9 Å². The Labute approximate surface area is 126 Å². The van der Waals surface area contributed by atoms with E-state index in [-0.39, 0.29) is 22.0 Å². The molecule has 2 rings (SSSR count). The first kappa shape index (κ1) is 15.3. The van der Waals surface area contributed by atoms with E-state index in [9.17, 15) is 8.42 Å².